The van der Waals surface area contributed by atoms with E-state index in [0.717, 1.165) is 11.1 Å². The summed E-state index contributed by atoms with van der Waals surface area (Å²) in [6.45, 7) is 3.67. The first-order chi connectivity index (χ1) is 21.2. The van der Waals surface area contributed by atoms with Crippen LogP contribution >= 0.6 is 34.8 Å². The van der Waals surface area contributed by atoms with Crippen LogP contribution in [0.1, 0.15) is 42.1 Å². The van der Waals surface area contributed by atoms with Crippen molar-refractivity contribution < 1.29 is 23.7 Å². The van der Waals surface area contributed by atoms with Crippen molar-refractivity contribution in [2.75, 3.05) is 0 Å². The third-order valence-electron chi connectivity index (χ3n) is 7.83. The first-order valence-electron chi connectivity index (χ1n) is 14.0. The largest absolute Gasteiger partial charge is 0.451 e. The van der Waals surface area contributed by atoms with Crippen LogP contribution < -0.4 is 0 Å². The Morgan fingerprint density at radius 2 is 1.61 bits per heavy atom. The standard InChI is InChI=1S/C33H26Cl3N3O5/c1-33(2)43-27-26(41-31(28(27)44-33)39-15-14-22-29(36)37-17-38-30(22)39)25(21-12-13-23(34)24(35)16-21)42-32(40)20-10-8-19(9-11-20)18-6-4-3-5-7-18/h3-17,25-28,31H,1-2H3/t25-,26-,27-,28-,31-/m1/s1. The molecule has 0 unspecified atom stereocenters. The molecule has 0 bridgehead atoms. The third-order valence-corrected chi connectivity index (χ3v) is 8.87. The van der Waals surface area contributed by atoms with Gasteiger partial charge in [0.25, 0.3) is 0 Å². The van der Waals surface area contributed by atoms with Gasteiger partial charge < -0.3 is 23.5 Å². The molecule has 44 heavy (non-hydrogen) atoms. The van der Waals surface area contributed by atoms with Gasteiger partial charge >= 0.3 is 5.97 Å². The molecule has 2 aliphatic rings. The fourth-order valence-corrected chi connectivity index (χ4v) is 6.35. The SMILES string of the molecule is CC1(C)O[C@H]2[C@@H](O1)[C@H](n1ccc3c(Cl)ncnc31)O[C@@H]2[C@H](OC(=O)c1ccc(-c2ccccc2)cc1)c1ccc(Cl)c(Cl)c1. The number of ether oxygens (including phenoxy) is 4. The van der Waals surface area contributed by atoms with Crippen molar-refractivity contribution in [2.24, 2.45) is 0 Å². The molecule has 0 aliphatic carbocycles. The summed E-state index contributed by atoms with van der Waals surface area (Å²) in [7, 11) is 0. The van der Waals surface area contributed by atoms with E-state index in [1.807, 2.05) is 73.1 Å². The highest BCUT2D eigenvalue weighted by Crippen LogP contribution is 2.48. The van der Waals surface area contributed by atoms with E-state index in [4.69, 9.17) is 53.8 Å². The lowest BCUT2D eigenvalue weighted by molar-refractivity contribution is -0.207. The lowest BCUT2D eigenvalue weighted by atomic mass is 9.98. The Kier molecular flexibility index (Phi) is 7.61. The maximum absolute atomic E-state index is 13.7. The van der Waals surface area contributed by atoms with E-state index in [0.29, 0.717) is 37.4 Å². The van der Waals surface area contributed by atoms with Crippen molar-refractivity contribution in [3.05, 3.63) is 118 Å². The number of benzene rings is 3. The first-order valence-corrected chi connectivity index (χ1v) is 15.1. The molecule has 0 N–H and O–H groups in total. The Balaban J connectivity index is 1.25. The fourth-order valence-electron chi connectivity index (χ4n) is 5.85. The summed E-state index contributed by atoms with van der Waals surface area (Å²) in [6, 6.07) is 24.1. The van der Waals surface area contributed by atoms with Crippen molar-refractivity contribution in [1.29, 1.82) is 0 Å². The van der Waals surface area contributed by atoms with Gasteiger partial charge in [0.2, 0.25) is 0 Å². The lowest BCUT2D eigenvalue weighted by Gasteiger charge is -2.29. The summed E-state index contributed by atoms with van der Waals surface area (Å²) in [5, 5.41) is 1.68. The van der Waals surface area contributed by atoms with Gasteiger partial charge in [-0.2, -0.15) is 0 Å². The van der Waals surface area contributed by atoms with Gasteiger partial charge in [-0.15, -0.1) is 0 Å². The molecular formula is C33H26Cl3N3O5. The molecule has 2 saturated heterocycles. The molecule has 0 saturated carbocycles. The number of carbonyl (C=O) groups excluding carboxylic acids is 1. The summed E-state index contributed by atoms with van der Waals surface area (Å²) in [5.41, 5.74) is 3.57. The van der Waals surface area contributed by atoms with Crippen LogP contribution in [-0.4, -0.2) is 44.6 Å². The number of fused-ring (bicyclic) bond motifs is 2. The van der Waals surface area contributed by atoms with Crippen LogP contribution in [0.4, 0.5) is 0 Å². The molecule has 4 heterocycles. The lowest BCUT2D eigenvalue weighted by Crippen LogP contribution is -2.36. The van der Waals surface area contributed by atoms with E-state index in [9.17, 15) is 4.79 Å². The molecule has 3 aromatic carbocycles. The van der Waals surface area contributed by atoms with Crippen molar-refractivity contribution in [3.8, 4) is 11.1 Å². The maximum atomic E-state index is 13.7. The third kappa shape index (κ3) is 5.36. The average molecular weight is 651 g/mol. The number of hydrogen-bond donors (Lipinski definition) is 0. The van der Waals surface area contributed by atoms with E-state index in [1.54, 1.807) is 30.3 Å². The van der Waals surface area contributed by atoms with Crippen LogP contribution in [0.15, 0.2) is 91.4 Å². The molecule has 2 aliphatic heterocycles. The van der Waals surface area contributed by atoms with Crippen LogP contribution in [0.3, 0.4) is 0 Å². The topological polar surface area (TPSA) is 84.7 Å². The Morgan fingerprint density at radius 3 is 2.36 bits per heavy atom. The summed E-state index contributed by atoms with van der Waals surface area (Å²) in [4.78, 5) is 22.2. The highest BCUT2D eigenvalue weighted by Gasteiger charge is 2.59. The number of halogens is 3. The Bertz CT molecular complexity index is 1850. The predicted octanol–water partition coefficient (Wildman–Crippen LogP) is 8.07. The zero-order valence-corrected chi connectivity index (χ0v) is 25.8. The molecule has 5 aromatic rings. The number of aromatic nitrogens is 3. The second-order valence-corrected chi connectivity index (χ2v) is 12.3. The van der Waals surface area contributed by atoms with E-state index in [2.05, 4.69) is 9.97 Å². The van der Waals surface area contributed by atoms with Crippen LogP contribution in [0, 0.1) is 0 Å². The first kappa shape index (κ1) is 29.2. The van der Waals surface area contributed by atoms with Gasteiger partial charge in [0, 0.05) is 6.20 Å². The smallest absolute Gasteiger partial charge is 0.338 e. The molecule has 0 radical (unpaired) electrons. The quantitative estimate of drug-likeness (QED) is 0.136. The fraction of sp³-hybridized carbons (Fsp3) is 0.242. The molecule has 7 rings (SSSR count). The van der Waals surface area contributed by atoms with Gasteiger partial charge in [-0.05, 0) is 60.9 Å². The van der Waals surface area contributed by atoms with Crippen molar-refractivity contribution >= 4 is 51.8 Å². The van der Waals surface area contributed by atoms with Gasteiger partial charge in [0.15, 0.2) is 18.1 Å². The van der Waals surface area contributed by atoms with Gasteiger partial charge in [-0.3, -0.25) is 0 Å². The zero-order valence-electron chi connectivity index (χ0n) is 23.6. The Labute approximate surface area is 268 Å². The van der Waals surface area contributed by atoms with E-state index < -0.39 is 42.4 Å². The molecule has 2 aromatic heterocycles. The minimum Gasteiger partial charge on any atom is -0.451 e. The molecule has 0 amide bonds. The zero-order chi connectivity index (χ0) is 30.6. The number of hydrogen-bond acceptors (Lipinski definition) is 7. The van der Waals surface area contributed by atoms with Gasteiger partial charge in [0.1, 0.15) is 35.4 Å². The van der Waals surface area contributed by atoms with E-state index in [1.165, 1.54) is 6.33 Å². The highest BCUT2D eigenvalue weighted by molar-refractivity contribution is 6.42. The maximum Gasteiger partial charge on any atom is 0.338 e. The Hall–Kier alpha value is -3.50. The molecule has 8 nitrogen and oxygen atoms in total. The van der Waals surface area contributed by atoms with Crippen molar-refractivity contribution in [1.82, 2.24) is 14.5 Å². The van der Waals surface area contributed by atoms with Gasteiger partial charge in [-0.25, -0.2) is 14.8 Å². The number of rotatable bonds is 6. The van der Waals surface area contributed by atoms with Crippen LogP contribution in [-0.2, 0) is 18.9 Å². The Morgan fingerprint density at radius 1 is 0.886 bits per heavy atom. The normalized spacial score (nSPS) is 23.0. The number of carbonyl (C=O) groups is 1. The summed E-state index contributed by atoms with van der Waals surface area (Å²) in [6.07, 6.45) is -0.356. The highest BCUT2D eigenvalue weighted by atomic mass is 35.5. The van der Waals surface area contributed by atoms with Crippen LogP contribution in [0.5, 0.6) is 0 Å². The van der Waals surface area contributed by atoms with Crippen LogP contribution in [0.2, 0.25) is 15.2 Å². The minimum atomic E-state index is -0.930. The minimum absolute atomic E-state index is 0.315. The summed E-state index contributed by atoms with van der Waals surface area (Å²) < 4.78 is 27.5. The molecule has 5 atom stereocenters. The second-order valence-electron chi connectivity index (χ2n) is 11.1. The van der Waals surface area contributed by atoms with Crippen LogP contribution in [0.25, 0.3) is 22.2 Å². The molecule has 11 heteroatoms. The number of esters is 1. The van der Waals surface area contributed by atoms with Gasteiger partial charge in [-0.1, -0.05) is 83.3 Å². The molecule has 0 spiro atoms. The monoisotopic (exact) mass is 649 g/mol. The summed E-state index contributed by atoms with van der Waals surface area (Å²) in [5.74, 6) is -1.46. The van der Waals surface area contributed by atoms with E-state index >= 15 is 0 Å². The molecule has 2 fully saturated rings. The number of nitrogens with zero attached hydrogens (tertiary/aromatic N) is 3. The molecular weight excluding hydrogens is 625 g/mol. The summed E-state index contributed by atoms with van der Waals surface area (Å²) >= 11 is 19.0. The predicted molar refractivity (Wildman–Crippen MR) is 167 cm³/mol. The van der Waals surface area contributed by atoms with Gasteiger partial charge in [0.05, 0.1) is 21.0 Å². The average Bonchev–Trinajstić information content (AvgIpc) is 3.69. The van der Waals surface area contributed by atoms with Crippen molar-refractivity contribution in [3.63, 3.8) is 0 Å². The molecule has 224 valence electrons. The van der Waals surface area contributed by atoms with E-state index in [-0.39, 0.29) is 0 Å². The second kappa shape index (κ2) is 11.5. The van der Waals surface area contributed by atoms with Crippen molar-refractivity contribution in [2.45, 2.75) is 50.3 Å².